The lowest BCUT2D eigenvalue weighted by molar-refractivity contribution is 0.0729. The van der Waals surface area contributed by atoms with Gasteiger partial charge in [-0.05, 0) is 43.3 Å². The van der Waals surface area contributed by atoms with Crippen LogP contribution in [0.3, 0.4) is 0 Å². The fourth-order valence-electron chi connectivity index (χ4n) is 1.88. The number of benzene rings is 2. The summed E-state index contributed by atoms with van der Waals surface area (Å²) < 4.78 is 15.8. The maximum atomic E-state index is 12.2. The van der Waals surface area contributed by atoms with Crippen molar-refractivity contribution in [1.82, 2.24) is 0 Å². The van der Waals surface area contributed by atoms with Gasteiger partial charge in [-0.1, -0.05) is 6.07 Å². The Morgan fingerprint density at radius 3 is 2.64 bits per heavy atom. The Labute approximate surface area is 128 Å². The smallest absolute Gasteiger partial charge is 0.343 e. The van der Waals surface area contributed by atoms with E-state index in [-0.39, 0.29) is 5.75 Å². The normalized spacial score (nSPS) is 9.91. The fourth-order valence-corrected chi connectivity index (χ4v) is 1.88. The largest absolute Gasteiger partial charge is 0.494 e. The number of ether oxygens (including phenoxy) is 3. The first-order chi connectivity index (χ1) is 10.7. The zero-order chi connectivity index (χ0) is 15.9. The number of hydrogen-bond acceptors (Lipinski definition) is 5. The Kier molecular flexibility index (Phi) is 5.14. The van der Waals surface area contributed by atoms with E-state index < -0.39 is 5.97 Å². The Hall–Kier alpha value is -2.82. The van der Waals surface area contributed by atoms with E-state index in [0.717, 1.165) is 0 Å². The molecule has 2 rings (SSSR count). The van der Waals surface area contributed by atoms with Gasteiger partial charge in [0.05, 0.1) is 19.3 Å². The minimum atomic E-state index is -0.529. The highest BCUT2D eigenvalue weighted by Crippen LogP contribution is 2.28. The molecule has 0 fully saturated rings. The van der Waals surface area contributed by atoms with E-state index in [1.165, 1.54) is 19.2 Å². The van der Waals surface area contributed by atoms with E-state index in [1.54, 1.807) is 30.3 Å². The number of carbonyl (C=O) groups is 2. The minimum absolute atomic E-state index is 0.250. The highest BCUT2D eigenvalue weighted by atomic mass is 16.6. The van der Waals surface area contributed by atoms with Crippen molar-refractivity contribution in [2.45, 2.75) is 6.92 Å². The van der Waals surface area contributed by atoms with Gasteiger partial charge >= 0.3 is 5.97 Å². The summed E-state index contributed by atoms with van der Waals surface area (Å²) in [6, 6.07) is 11.3. The summed E-state index contributed by atoms with van der Waals surface area (Å²) in [6.45, 7) is 2.38. The highest BCUT2D eigenvalue weighted by Gasteiger charge is 2.13. The summed E-state index contributed by atoms with van der Waals surface area (Å²) in [4.78, 5) is 22.9. The minimum Gasteiger partial charge on any atom is -0.494 e. The molecule has 2 aromatic carbocycles. The van der Waals surface area contributed by atoms with Crippen LogP contribution in [0.4, 0.5) is 0 Å². The van der Waals surface area contributed by atoms with Crippen molar-refractivity contribution in [2.75, 3.05) is 13.7 Å². The molecule has 0 bridgehead atoms. The van der Waals surface area contributed by atoms with Gasteiger partial charge in [-0.3, -0.25) is 4.79 Å². The average molecular weight is 300 g/mol. The predicted octanol–water partition coefficient (Wildman–Crippen LogP) is 3.13. The SMILES string of the molecule is CCOc1cccc(C(=O)Oc2ccc(C=O)cc2OC)c1. The number of rotatable bonds is 6. The summed E-state index contributed by atoms with van der Waals surface area (Å²) in [5.41, 5.74) is 0.808. The molecule has 0 spiro atoms. The van der Waals surface area contributed by atoms with Crippen molar-refractivity contribution in [3.63, 3.8) is 0 Å². The lowest BCUT2D eigenvalue weighted by Gasteiger charge is -2.10. The lowest BCUT2D eigenvalue weighted by atomic mass is 10.2. The summed E-state index contributed by atoms with van der Waals surface area (Å²) in [5.74, 6) is 0.637. The molecule has 0 amide bonds. The van der Waals surface area contributed by atoms with Crippen LogP contribution in [0.1, 0.15) is 27.6 Å². The standard InChI is InChI=1S/C17H16O5/c1-3-21-14-6-4-5-13(10-14)17(19)22-15-8-7-12(11-18)9-16(15)20-2/h4-11H,3H2,1-2H3. The van der Waals surface area contributed by atoms with Gasteiger partial charge in [0.2, 0.25) is 0 Å². The van der Waals surface area contributed by atoms with E-state index in [9.17, 15) is 9.59 Å². The van der Waals surface area contributed by atoms with Gasteiger partial charge in [-0.15, -0.1) is 0 Å². The Morgan fingerprint density at radius 2 is 1.95 bits per heavy atom. The van der Waals surface area contributed by atoms with Crippen LogP contribution in [0.5, 0.6) is 17.2 Å². The molecule has 0 aromatic heterocycles. The number of esters is 1. The van der Waals surface area contributed by atoms with Crippen LogP contribution in [-0.4, -0.2) is 26.0 Å². The first kappa shape index (κ1) is 15.6. The number of carbonyl (C=O) groups excluding carboxylic acids is 2. The molecular formula is C17H16O5. The number of hydrogen-bond donors (Lipinski definition) is 0. The third kappa shape index (κ3) is 3.63. The van der Waals surface area contributed by atoms with Crippen LogP contribution in [0.15, 0.2) is 42.5 Å². The quantitative estimate of drug-likeness (QED) is 0.466. The van der Waals surface area contributed by atoms with Gasteiger partial charge in [0.1, 0.15) is 12.0 Å². The first-order valence-electron chi connectivity index (χ1n) is 6.76. The van der Waals surface area contributed by atoms with Gasteiger partial charge in [0.25, 0.3) is 0 Å². The second kappa shape index (κ2) is 7.26. The number of methoxy groups -OCH3 is 1. The third-order valence-corrected chi connectivity index (χ3v) is 2.91. The molecule has 2 aromatic rings. The molecule has 0 heterocycles. The maximum Gasteiger partial charge on any atom is 0.343 e. The number of aldehydes is 1. The molecule has 22 heavy (non-hydrogen) atoms. The van der Waals surface area contributed by atoms with Crippen molar-refractivity contribution in [1.29, 1.82) is 0 Å². The second-order valence-corrected chi connectivity index (χ2v) is 4.38. The Bertz CT molecular complexity index is 678. The molecule has 0 atom stereocenters. The van der Waals surface area contributed by atoms with Gasteiger partial charge in [0, 0.05) is 5.56 Å². The van der Waals surface area contributed by atoms with E-state index >= 15 is 0 Å². The van der Waals surface area contributed by atoms with Crippen molar-refractivity contribution in [2.24, 2.45) is 0 Å². The van der Waals surface area contributed by atoms with Crippen molar-refractivity contribution < 1.29 is 23.8 Å². The van der Waals surface area contributed by atoms with Gasteiger partial charge in [0.15, 0.2) is 11.5 Å². The van der Waals surface area contributed by atoms with Gasteiger partial charge < -0.3 is 14.2 Å². The van der Waals surface area contributed by atoms with E-state index in [1.807, 2.05) is 6.92 Å². The molecular weight excluding hydrogens is 284 g/mol. The monoisotopic (exact) mass is 300 g/mol. The lowest BCUT2D eigenvalue weighted by Crippen LogP contribution is -2.09. The van der Waals surface area contributed by atoms with E-state index in [2.05, 4.69) is 0 Å². The van der Waals surface area contributed by atoms with Crippen LogP contribution < -0.4 is 14.2 Å². The summed E-state index contributed by atoms with van der Waals surface area (Å²) in [6.07, 6.45) is 0.694. The zero-order valence-electron chi connectivity index (χ0n) is 12.4. The Balaban J connectivity index is 2.21. The van der Waals surface area contributed by atoms with Crippen LogP contribution in [0.2, 0.25) is 0 Å². The van der Waals surface area contributed by atoms with E-state index in [0.29, 0.717) is 35.5 Å². The summed E-state index contributed by atoms with van der Waals surface area (Å²) in [5, 5.41) is 0. The van der Waals surface area contributed by atoms with E-state index in [4.69, 9.17) is 14.2 Å². The summed E-state index contributed by atoms with van der Waals surface area (Å²) in [7, 11) is 1.44. The molecule has 0 unspecified atom stereocenters. The molecule has 0 N–H and O–H groups in total. The maximum absolute atomic E-state index is 12.2. The highest BCUT2D eigenvalue weighted by molar-refractivity contribution is 5.92. The molecule has 0 aliphatic heterocycles. The molecule has 0 saturated heterocycles. The molecule has 5 heteroatoms. The van der Waals surface area contributed by atoms with Crippen molar-refractivity contribution in [3.8, 4) is 17.2 Å². The van der Waals surface area contributed by atoms with Crippen molar-refractivity contribution >= 4 is 12.3 Å². The molecule has 0 radical (unpaired) electrons. The van der Waals surface area contributed by atoms with Crippen LogP contribution in [-0.2, 0) is 0 Å². The third-order valence-electron chi connectivity index (χ3n) is 2.91. The molecule has 0 aliphatic carbocycles. The average Bonchev–Trinajstić information content (AvgIpc) is 2.55. The molecule has 5 nitrogen and oxygen atoms in total. The second-order valence-electron chi connectivity index (χ2n) is 4.38. The fraction of sp³-hybridized carbons (Fsp3) is 0.176. The Morgan fingerprint density at radius 1 is 1.14 bits per heavy atom. The predicted molar refractivity (Wildman–Crippen MR) is 81.0 cm³/mol. The van der Waals surface area contributed by atoms with Crippen LogP contribution >= 0.6 is 0 Å². The van der Waals surface area contributed by atoms with Crippen LogP contribution in [0.25, 0.3) is 0 Å². The van der Waals surface area contributed by atoms with Gasteiger partial charge in [-0.25, -0.2) is 4.79 Å². The topological polar surface area (TPSA) is 61.8 Å². The van der Waals surface area contributed by atoms with Crippen LogP contribution in [0, 0.1) is 0 Å². The van der Waals surface area contributed by atoms with Gasteiger partial charge in [-0.2, -0.15) is 0 Å². The zero-order valence-corrected chi connectivity index (χ0v) is 12.4. The van der Waals surface area contributed by atoms with Crippen molar-refractivity contribution in [3.05, 3.63) is 53.6 Å². The molecule has 114 valence electrons. The molecule has 0 aliphatic rings. The molecule has 0 saturated carbocycles. The summed E-state index contributed by atoms with van der Waals surface area (Å²) >= 11 is 0. The first-order valence-corrected chi connectivity index (χ1v) is 6.76.